The smallest absolute Gasteiger partial charge is 0.182 e. The topological polar surface area (TPSA) is 22.0 Å². The first-order chi connectivity index (χ1) is 10.0. The van der Waals surface area contributed by atoms with Gasteiger partial charge in [0.05, 0.1) is 12.1 Å². The highest BCUT2D eigenvalue weighted by atomic mass is 19.2. The summed E-state index contributed by atoms with van der Waals surface area (Å²) in [5, 5.41) is 0.800. The predicted molar refractivity (Wildman–Crippen MR) is 72.6 cm³/mol. The minimum atomic E-state index is -1.07. The highest BCUT2D eigenvalue weighted by Crippen LogP contribution is 2.18. The molecule has 0 amide bonds. The zero-order valence-electron chi connectivity index (χ0n) is 10.8. The van der Waals surface area contributed by atoms with Crippen molar-refractivity contribution >= 4 is 16.7 Å². The molecule has 0 aliphatic carbocycles. The highest BCUT2D eigenvalue weighted by Gasteiger charge is 2.12. The van der Waals surface area contributed by atoms with E-state index in [1.54, 1.807) is 22.9 Å². The van der Waals surface area contributed by atoms with Gasteiger partial charge >= 0.3 is 0 Å². The predicted octanol–water partition coefficient (Wildman–Crippen LogP) is 3.94. The van der Waals surface area contributed by atoms with Crippen LogP contribution in [0.2, 0.25) is 0 Å². The molecule has 0 atom stereocenters. The molecule has 0 unspecified atom stereocenters. The molecule has 0 bridgehead atoms. The first kappa shape index (κ1) is 13.4. The quantitative estimate of drug-likeness (QED) is 0.669. The maximum Gasteiger partial charge on any atom is 0.182 e. The van der Waals surface area contributed by atoms with Crippen molar-refractivity contribution in [3.05, 3.63) is 71.7 Å². The van der Waals surface area contributed by atoms with Crippen LogP contribution in [0.5, 0.6) is 0 Å². The van der Waals surface area contributed by atoms with Gasteiger partial charge in [0.25, 0.3) is 0 Å². The van der Waals surface area contributed by atoms with Crippen LogP contribution >= 0.6 is 0 Å². The summed E-state index contributed by atoms with van der Waals surface area (Å²) in [5.74, 6) is -2.84. The van der Waals surface area contributed by atoms with Gasteiger partial charge in [0, 0.05) is 11.8 Å². The second-order valence-corrected chi connectivity index (χ2v) is 4.70. The number of hydrogen-bond acceptors (Lipinski definition) is 1. The van der Waals surface area contributed by atoms with Crippen molar-refractivity contribution in [3.63, 3.8) is 0 Å². The lowest BCUT2D eigenvalue weighted by atomic mass is 10.1. The van der Waals surface area contributed by atoms with Crippen molar-refractivity contribution in [2.24, 2.45) is 0 Å². The Bertz CT molecular complexity index is 839. The molecule has 0 saturated carbocycles. The zero-order valence-corrected chi connectivity index (χ0v) is 10.8. The summed E-state index contributed by atoms with van der Waals surface area (Å²) in [6.45, 7) is -0.0714. The van der Waals surface area contributed by atoms with Gasteiger partial charge in [-0.15, -0.1) is 0 Å². The van der Waals surface area contributed by atoms with E-state index in [0.29, 0.717) is 5.52 Å². The van der Waals surface area contributed by atoms with E-state index >= 15 is 0 Å². The van der Waals surface area contributed by atoms with Crippen molar-refractivity contribution in [3.8, 4) is 0 Å². The number of ketones is 1. The monoisotopic (exact) mass is 289 g/mol. The van der Waals surface area contributed by atoms with Gasteiger partial charge in [-0.3, -0.25) is 4.79 Å². The number of rotatable bonds is 3. The van der Waals surface area contributed by atoms with Gasteiger partial charge in [0.15, 0.2) is 17.4 Å². The number of aromatic nitrogens is 1. The minimum Gasteiger partial charge on any atom is -0.340 e. The van der Waals surface area contributed by atoms with Crippen molar-refractivity contribution in [1.82, 2.24) is 4.57 Å². The average molecular weight is 289 g/mol. The molecule has 21 heavy (non-hydrogen) atoms. The van der Waals surface area contributed by atoms with Crippen LogP contribution in [0.4, 0.5) is 13.2 Å². The average Bonchev–Trinajstić information content (AvgIpc) is 2.84. The third-order valence-electron chi connectivity index (χ3n) is 3.29. The van der Waals surface area contributed by atoms with Crippen LogP contribution < -0.4 is 0 Å². The number of carbonyl (C=O) groups excluding carboxylic acids is 1. The van der Waals surface area contributed by atoms with Crippen LogP contribution in [0.1, 0.15) is 10.4 Å². The van der Waals surface area contributed by atoms with Crippen LogP contribution in [0.3, 0.4) is 0 Å². The van der Waals surface area contributed by atoms with Gasteiger partial charge in [0.1, 0.15) is 5.82 Å². The Morgan fingerprint density at radius 3 is 2.52 bits per heavy atom. The highest BCUT2D eigenvalue weighted by molar-refractivity contribution is 5.96. The fourth-order valence-electron chi connectivity index (χ4n) is 2.21. The fourth-order valence-corrected chi connectivity index (χ4v) is 2.21. The Morgan fingerprint density at radius 1 is 0.952 bits per heavy atom. The van der Waals surface area contributed by atoms with Gasteiger partial charge in [-0.1, -0.05) is 0 Å². The number of Topliss-reactive ketones (excluding diaryl/α,β-unsaturated/α-hetero) is 1. The first-order valence-electron chi connectivity index (χ1n) is 6.27. The summed E-state index contributed by atoms with van der Waals surface area (Å²) >= 11 is 0. The number of nitrogens with zero attached hydrogens (tertiary/aromatic N) is 1. The normalized spacial score (nSPS) is 11.0. The van der Waals surface area contributed by atoms with Gasteiger partial charge < -0.3 is 4.57 Å². The molecule has 106 valence electrons. The lowest BCUT2D eigenvalue weighted by molar-refractivity contribution is 0.0973. The van der Waals surface area contributed by atoms with E-state index < -0.39 is 17.5 Å². The van der Waals surface area contributed by atoms with E-state index in [4.69, 9.17) is 0 Å². The Hall–Kier alpha value is -2.56. The molecular weight excluding hydrogens is 279 g/mol. The number of halogens is 3. The van der Waals surface area contributed by atoms with Crippen molar-refractivity contribution in [1.29, 1.82) is 0 Å². The summed E-state index contributed by atoms with van der Waals surface area (Å²) in [5.41, 5.74) is 0.651. The van der Waals surface area contributed by atoms with E-state index in [2.05, 4.69) is 0 Å². The minimum absolute atomic E-state index is 0.0714. The Kier molecular flexibility index (Phi) is 3.25. The molecule has 3 rings (SSSR count). The third kappa shape index (κ3) is 2.54. The lowest BCUT2D eigenvalue weighted by Gasteiger charge is -2.05. The maximum atomic E-state index is 13.3. The molecule has 1 heterocycles. The third-order valence-corrected chi connectivity index (χ3v) is 3.29. The molecule has 1 aromatic heterocycles. The summed E-state index contributed by atoms with van der Waals surface area (Å²) in [7, 11) is 0. The van der Waals surface area contributed by atoms with Crippen molar-refractivity contribution in [2.45, 2.75) is 6.54 Å². The van der Waals surface area contributed by atoms with Crippen LogP contribution in [0.15, 0.2) is 48.7 Å². The molecular formula is C16H10F3NO. The largest absolute Gasteiger partial charge is 0.340 e. The first-order valence-corrected chi connectivity index (χ1v) is 6.27. The molecule has 0 aliphatic rings. The molecule has 2 aromatic carbocycles. The van der Waals surface area contributed by atoms with Crippen LogP contribution in [0.25, 0.3) is 10.9 Å². The van der Waals surface area contributed by atoms with Crippen molar-refractivity contribution < 1.29 is 18.0 Å². The number of carbonyl (C=O) groups is 1. The summed E-state index contributed by atoms with van der Waals surface area (Å²) in [6, 6.07) is 9.04. The standard InChI is InChI=1S/C16H10F3NO/c17-12-3-1-10-5-6-20(15(10)8-12)9-16(21)11-2-4-13(18)14(19)7-11/h1-8H,9H2. The molecule has 0 N–H and O–H groups in total. The Balaban J connectivity index is 1.92. The van der Waals surface area contributed by atoms with Gasteiger partial charge in [-0.25, -0.2) is 13.2 Å². The molecule has 0 spiro atoms. The van der Waals surface area contributed by atoms with E-state index in [1.807, 2.05) is 0 Å². The Morgan fingerprint density at radius 2 is 1.76 bits per heavy atom. The summed E-state index contributed by atoms with van der Waals surface area (Å²) in [6.07, 6.45) is 1.65. The number of fused-ring (bicyclic) bond motifs is 1. The van der Waals surface area contributed by atoms with Crippen LogP contribution in [-0.4, -0.2) is 10.4 Å². The fraction of sp³-hybridized carbons (Fsp3) is 0.0625. The molecule has 2 nitrogen and oxygen atoms in total. The maximum absolute atomic E-state index is 13.3. The second-order valence-electron chi connectivity index (χ2n) is 4.70. The van der Waals surface area contributed by atoms with Gasteiger partial charge in [-0.2, -0.15) is 0 Å². The Labute approximate surface area is 118 Å². The molecule has 0 radical (unpaired) electrons. The summed E-state index contributed by atoms with van der Waals surface area (Å²) < 4.78 is 40.8. The van der Waals surface area contributed by atoms with Gasteiger partial charge in [-0.05, 0) is 47.9 Å². The molecule has 5 heteroatoms. The molecule has 0 aliphatic heterocycles. The van der Waals surface area contributed by atoms with E-state index in [-0.39, 0.29) is 17.9 Å². The second kappa shape index (κ2) is 5.09. The van der Waals surface area contributed by atoms with Gasteiger partial charge in [0.2, 0.25) is 0 Å². The van der Waals surface area contributed by atoms with E-state index in [1.165, 1.54) is 18.2 Å². The molecule has 3 aromatic rings. The van der Waals surface area contributed by atoms with E-state index in [0.717, 1.165) is 17.5 Å². The number of benzene rings is 2. The SMILES string of the molecule is O=C(Cn1ccc2ccc(F)cc21)c1ccc(F)c(F)c1. The van der Waals surface area contributed by atoms with Crippen LogP contribution in [0, 0.1) is 17.5 Å². The molecule has 0 fully saturated rings. The number of hydrogen-bond donors (Lipinski definition) is 0. The van der Waals surface area contributed by atoms with Crippen molar-refractivity contribution in [2.75, 3.05) is 0 Å². The zero-order chi connectivity index (χ0) is 15.0. The van der Waals surface area contributed by atoms with Crippen LogP contribution in [-0.2, 0) is 6.54 Å². The van der Waals surface area contributed by atoms with E-state index in [9.17, 15) is 18.0 Å². The summed E-state index contributed by atoms with van der Waals surface area (Å²) in [4.78, 5) is 12.1. The lowest BCUT2D eigenvalue weighted by Crippen LogP contribution is -2.10. The molecule has 0 saturated heterocycles.